The highest BCUT2D eigenvalue weighted by atomic mass is 16.6. The van der Waals surface area contributed by atoms with Crippen LogP contribution < -0.4 is 20.7 Å². The first-order valence-electron chi connectivity index (χ1n) is 5.78. The molecule has 1 aromatic rings. The van der Waals surface area contributed by atoms with E-state index in [-0.39, 0.29) is 6.04 Å². The Labute approximate surface area is 101 Å². The molecule has 5 heteroatoms. The molecule has 1 heterocycles. The van der Waals surface area contributed by atoms with Crippen LogP contribution in [-0.2, 0) is 4.74 Å². The highest BCUT2D eigenvalue weighted by Crippen LogP contribution is 2.32. The maximum atomic E-state index is 5.53. The minimum atomic E-state index is -0.0363. The molecule has 1 aliphatic heterocycles. The van der Waals surface area contributed by atoms with E-state index in [2.05, 4.69) is 5.43 Å². The summed E-state index contributed by atoms with van der Waals surface area (Å²) in [6.07, 6.45) is 0. The third kappa shape index (κ3) is 2.88. The van der Waals surface area contributed by atoms with Crippen LogP contribution in [0.2, 0.25) is 0 Å². The first kappa shape index (κ1) is 12.2. The SMILES string of the molecule is CCOCC(NN)c1ccc2c(c1)OCCO2. The highest BCUT2D eigenvalue weighted by Gasteiger charge is 2.16. The minimum absolute atomic E-state index is 0.0363. The molecule has 0 saturated heterocycles. The zero-order valence-corrected chi connectivity index (χ0v) is 9.94. The van der Waals surface area contributed by atoms with Gasteiger partial charge in [0.15, 0.2) is 11.5 Å². The van der Waals surface area contributed by atoms with Crippen LogP contribution in [0, 0.1) is 0 Å². The molecule has 1 atom stereocenters. The van der Waals surface area contributed by atoms with Crippen LogP contribution in [0.3, 0.4) is 0 Å². The summed E-state index contributed by atoms with van der Waals surface area (Å²) in [5, 5.41) is 0. The standard InChI is InChI=1S/C12H18N2O3/c1-2-15-8-10(14-13)9-3-4-11-12(7-9)17-6-5-16-11/h3-4,7,10,14H,2,5-6,8,13H2,1H3. The average Bonchev–Trinajstić information content (AvgIpc) is 2.39. The van der Waals surface area contributed by atoms with Gasteiger partial charge in [-0.3, -0.25) is 11.3 Å². The summed E-state index contributed by atoms with van der Waals surface area (Å²) in [5.74, 6) is 7.07. The first-order valence-corrected chi connectivity index (χ1v) is 5.78. The minimum Gasteiger partial charge on any atom is -0.486 e. The largest absolute Gasteiger partial charge is 0.486 e. The van der Waals surface area contributed by atoms with Gasteiger partial charge in [0.05, 0.1) is 12.6 Å². The van der Waals surface area contributed by atoms with Crippen LogP contribution in [0.5, 0.6) is 11.5 Å². The molecular formula is C12H18N2O3. The monoisotopic (exact) mass is 238 g/mol. The van der Waals surface area contributed by atoms with Gasteiger partial charge >= 0.3 is 0 Å². The molecule has 0 fully saturated rings. The number of ether oxygens (including phenoxy) is 3. The lowest BCUT2D eigenvalue weighted by Crippen LogP contribution is -2.31. The molecule has 0 bridgehead atoms. The van der Waals surface area contributed by atoms with E-state index in [9.17, 15) is 0 Å². The van der Waals surface area contributed by atoms with Gasteiger partial charge in [-0.25, -0.2) is 0 Å². The van der Waals surface area contributed by atoms with Gasteiger partial charge in [0.1, 0.15) is 13.2 Å². The number of benzene rings is 1. The predicted molar refractivity (Wildman–Crippen MR) is 64.0 cm³/mol. The van der Waals surface area contributed by atoms with Gasteiger partial charge in [-0.1, -0.05) is 6.07 Å². The maximum absolute atomic E-state index is 5.53. The zero-order chi connectivity index (χ0) is 12.1. The molecule has 94 valence electrons. The average molecular weight is 238 g/mol. The maximum Gasteiger partial charge on any atom is 0.161 e. The molecule has 17 heavy (non-hydrogen) atoms. The van der Waals surface area contributed by atoms with Crippen LogP contribution >= 0.6 is 0 Å². The summed E-state index contributed by atoms with van der Waals surface area (Å²) < 4.78 is 16.4. The van der Waals surface area contributed by atoms with Crippen LogP contribution in [-0.4, -0.2) is 26.4 Å². The lowest BCUT2D eigenvalue weighted by Gasteiger charge is -2.21. The fourth-order valence-corrected chi connectivity index (χ4v) is 1.75. The Hall–Kier alpha value is -1.30. The van der Waals surface area contributed by atoms with E-state index < -0.39 is 0 Å². The van der Waals surface area contributed by atoms with Gasteiger partial charge < -0.3 is 14.2 Å². The van der Waals surface area contributed by atoms with Crippen molar-refractivity contribution in [2.45, 2.75) is 13.0 Å². The van der Waals surface area contributed by atoms with Crippen LogP contribution in [0.1, 0.15) is 18.5 Å². The molecule has 3 N–H and O–H groups in total. The zero-order valence-electron chi connectivity index (χ0n) is 9.94. The van der Waals surface area contributed by atoms with Gasteiger partial charge in [-0.15, -0.1) is 0 Å². The van der Waals surface area contributed by atoms with Crippen molar-refractivity contribution in [3.05, 3.63) is 23.8 Å². The normalized spacial score (nSPS) is 15.6. The van der Waals surface area contributed by atoms with Crippen molar-refractivity contribution in [1.29, 1.82) is 0 Å². The highest BCUT2D eigenvalue weighted by molar-refractivity contribution is 5.44. The van der Waals surface area contributed by atoms with Crippen molar-refractivity contribution in [2.75, 3.05) is 26.4 Å². The molecule has 0 aromatic heterocycles. The van der Waals surface area contributed by atoms with Crippen LogP contribution in [0.15, 0.2) is 18.2 Å². The van der Waals surface area contributed by atoms with Crippen molar-refractivity contribution in [2.24, 2.45) is 5.84 Å². The van der Waals surface area contributed by atoms with Crippen molar-refractivity contribution in [3.8, 4) is 11.5 Å². The Bertz CT molecular complexity index is 371. The Balaban J connectivity index is 2.13. The Morgan fingerprint density at radius 1 is 1.35 bits per heavy atom. The van der Waals surface area contributed by atoms with E-state index in [1.807, 2.05) is 25.1 Å². The number of hydrogen-bond donors (Lipinski definition) is 2. The first-order chi connectivity index (χ1) is 8.35. The van der Waals surface area contributed by atoms with Crippen LogP contribution in [0.4, 0.5) is 0 Å². The number of rotatable bonds is 5. The summed E-state index contributed by atoms with van der Waals surface area (Å²) in [6.45, 7) is 4.35. The molecule has 2 rings (SSSR count). The lowest BCUT2D eigenvalue weighted by atomic mass is 10.1. The van der Waals surface area contributed by atoms with Gasteiger partial charge in [-0.05, 0) is 24.6 Å². The quantitative estimate of drug-likeness (QED) is 0.591. The number of hydrogen-bond acceptors (Lipinski definition) is 5. The second-order valence-corrected chi connectivity index (χ2v) is 3.78. The van der Waals surface area contributed by atoms with Crippen molar-refractivity contribution >= 4 is 0 Å². The fraction of sp³-hybridized carbons (Fsp3) is 0.500. The summed E-state index contributed by atoms with van der Waals surface area (Å²) >= 11 is 0. The second kappa shape index (κ2) is 5.86. The van der Waals surface area contributed by atoms with E-state index in [1.165, 1.54) is 0 Å². The summed E-state index contributed by atoms with van der Waals surface area (Å²) in [4.78, 5) is 0. The summed E-state index contributed by atoms with van der Waals surface area (Å²) in [5.41, 5.74) is 3.77. The van der Waals surface area contributed by atoms with Gasteiger partial charge in [0, 0.05) is 6.61 Å². The number of nitrogens with one attached hydrogen (secondary N) is 1. The van der Waals surface area contributed by atoms with Gasteiger partial charge in [0.25, 0.3) is 0 Å². The van der Waals surface area contributed by atoms with E-state index in [0.717, 1.165) is 17.1 Å². The summed E-state index contributed by atoms with van der Waals surface area (Å²) in [6, 6.07) is 5.78. The van der Waals surface area contributed by atoms with Gasteiger partial charge in [0.2, 0.25) is 0 Å². The molecule has 1 aliphatic rings. The molecular weight excluding hydrogens is 220 g/mol. The van der Waals surface area contributed by atoms with E-state index in [0.29, 0.717) is 26.4 Å². The Morgan fingerprint density at radius 2 is 2.12 bits per heavy atom. The Kier molecular flexibility index (Phi) is 4.19. The molecule has 0 saturated carbocycles. The van der Waals surface area contributed by atoms with Crippen LogP contribution in [0.25, 0.3) is 0 Å². The lowest BCUT2D eigenvalue weighted by molar-refractivity contribution is 0.122. The molecule has 1 unspecified atom stereocenters. The molecule has 0 amide bonds. The van der Waals surface area contributed by atoms with E-state index in [4.69, 9.17) is 20.1 Å². The van der Waals surface area contributed by atoms with Crippen molar-refractivity contribution in [1.82, 2.24) is 5.43 Å². The second-order valence-electron chi connectivity index (χ2n) is 3.78. The van der Waals surface area contributed by atoms with Gasteiger partial charge in [-0.2, -0.15) is 0 Å². The Morgan fingerprint density at radius 3 is 2.82 bits per heavy atom. The van der Waals surface area contributed by atoms with E-state index >= 15 is 0 Å². The fourth-order valence-electron chi connectivity index (χ4n) is 1.75. The molecule has 1 aromatic carbocycles. The molecule has 0 spiro atoms. The smallest absolute Gasteiger partial charge is 0.161 e. The number of fused-ring (bicyclic) bond motifs is 1. The number of nitrogens with two attached hydrogens (primary N) is 1. The van der Waals surface area contributed by atoms with E-state index in [1.54, 1.807) is 0 Å². The summed E-state index contributed by atoms with van der Waals surface area (Å²) in [7, 11) is 0. The molecule has 0 radical (unpaired) electrons. The topological polar surface area (TPSA) is 65.7 Å². The van der Waals surface area contributed by atoms with Crippen molar-refractivity contribution in [3.63, 3.8) is 0 Å². The predicted octanol–water partition coefficient (Wildman–Crippen LogP) is 0.999. The molecule has 5 nitrogen and oxygen atoms in total. The third-order valence-electron chi connectivity index (χ3n) is 2.66. The third-order valence-corrected chi connectivity index (χ3v) is 2.66. The molecule has 0 aliphatic carbocycles. The number of hydrazine groups is 1. The van der Waals surface area contributed by atoms with Crippen molar-refractivity contribution < 1.29 is 14.2 Å².